The molecule has 1 atom stereocenters. The van der Waals surface area contributed by atoms with E-state index in [4.69, 9.17) is 5.73 Å². The molecule has 3 N–H and O–H groups in total. The Balaban J connectivity index is 2.56. The van der Waals surface area contributed by atoms with Crippen molar-refractivity contribution in [1.82, 2.24) is 0 Å². The summed E-state index contributed by atoms with van der Waals surface area (Å²) in [7, 11) is 0. The van der Waals surface area contributed by atoms with E-state index in [0.29, 0.717) is 11.8 Å². The van der Waals surface area contributed by atoms with Crippen LogP contribution in [0.25, 0.3) is 0 Å². The molecule has 1 aromatic rings. The van der Waals surface area contributed by atoms with Crippen molar-refractivity contribution in [2.75, 3.05) is 11.9 Å². The first-order chi connectivity index (χ1) is 8.40. The van der Waals surface area contributed by atoms with Crippen LogP contribution in [0.1, 0.15) is 51.2 Å². The van der Waals surface area contributed by atoms with Crippen molar-refractivity contribution in [2.45, 2.75) is 53.0 Å². The Kier molecular flexibility index (Phi) is 5.67. The van der Waals surface area contributed by atoms with Gasteiger partial charge in [-0.25, -0.2) is 0 Å². The summed E-state index contributed by atoms with van der Waals surface area (Å²) in [5.41, 5.74) is 10.0. The summed E-state index contributed by atoms with van der Waals surface area (Å²) < 4.78 is 0. The van der Waals surface area contributed by atoms with E-state index in [0.717, 1.165) is 13.0 Å². The highest BCUT2D eigenvalue weighted by Crippen LogP contribution is 2.22. The van der Waals surface area contributed by atoms with Gasteiger partial charge in [0.25, 0.3) is 0 Å². The molecule has 0 saturated heterocycles. The molecule has 1 aromatic carbocycles. The fraction of sp³-hybridized carbons (Fsp3) is 0.625. The van der Waals surface area contributed by atoms with Gasteiger partial charge in [0.2, 0.25) is 0 Å². The number of nitrogens with one attached hydrogen (secondary N) is 1. The minimum Gasteiger partial charge on any atom is -0.383 e. The summed E-state index contributed by atoms with van der Waals surface area (Å²) in [6.45, 7) is 11.9. The molecule has 0 heterocycles. The third-order valence-corrected chi connectivity index (χ3v) is 3.23. The Hall–Kier alpha value is -1.02. The summed E-state index contributed by atoms with van der Waals surface area (Å²) in [5, 5.41) is 3.43. The number of nitrogens with two attached hydrogens (primary N) is 1. The fourth-order valence-corrected chi connectivity index (χ4v) is 2.37. The van der Waals surface area contributed by atoms with Gasteiger partial charge >= 0.3 is 0 Å². The molecule has 0 aromatic heterocycles. The smallest absolute Gasteiger partial charge is 0.0343 e. The minimum absolute atomic E-state index is 0.232. The second kappa shape index (κ2) is 6.79. The topological polar surface area (TPSA) is 38.0 Å². The van der Waals surface area contributed by atoms with Crippen molar-refractivity contribution >= 4 is 5.69 Å². The average molecular weight is 248 g/mol. The maximum Gasteiger partial charge on any atom is 0.0343 e. The molecule has 2 nitrogen and oxygen atoms in total. The predicted molar refractivity (Wildman–Crippen MR) is 81.2 cm³/mol. The largest absolute Gasteiger partial charge is 0.383 e. The first-order valence-corrected chi connectivity index (χ1v) is 7.00. The highest BCUT2D eigenvalue weighted by Gasteiger charge is 2.07. The summed E-state index contributed by atoms with van der Waals surface area (Å²) >= 11 is 0. The lowest BCUT2D eigenvalue weighted by atomic mass is 9.97. The number of aryl methyl sites for hydroxylation is 1. The Labute approximate surface area is 112 Å². The first kappa shape index (κ1) is 15.0. The molecular weight excluding hydrogens is 220 g/mol. The molecule has 0 saturated carbocycles. The van der Waals surface area contributed by atoms with Gasteiger partial charge in [0.05, 0.1) is 0 Å². The third-order valence-electron chi connectivity index (χ3n) is 3.23. The standard InChI is InChI=1S/C16H28N2/c1-11(2)8-14(17)10-18-15-6-7-16(12(3)4)13(5)9-15/h6-7,9,11-12,14,18H,8,10,17H2,1-5H3. The molecule has 0 aliphatic heterocycles. The second-order valence-corrected chi connectivity index (χ2v) is 6.00. The third kappa shape index (κ3) is 4.69. The van der Waals surface area contributed by atoms with E-state index in [1.165, 1.54) is 16.8 Å². The van der Waals surface area contributed by atoms with Crippen LogP contribution in [-0.2, 0) is 0 Å². The van der Waals surface area contributed by atoms with E-state index in [-0.39, 0.29) is 6.04 Å². The van der Waals surface area contributed by atoms with E-state index in [1.54, 1.807) is 0 Å². The lowest BCUT2D eigenvalue weighted by Crippen LogP contribution is -2.30. The van der Waals surface area contributed by atoms with Gasteiger partial charge in [0.15, 0.2) is 0 Å². The molecule has 0 spiro atoms. The van der Waals surface area contributed by atoms with Gasteiger partial charge in [0, 0.05) is 18.3 Å². The van der Waals surface area contributed by atoms with Crippen LogP contribution in [0.4, 0.5) is 5.69 Å². The SMILES string of the molecule is Cc1cc(NCC(N)CC(C)C)ccc1C(C)C. The molecule has 0 radical (unpaired) electrons. The normalized spacial score (nSPS) is 13.1. The van der Waals surface area contributed by atoms with Crippen molar-refractivity contribution in [2.24, 2.45) is 11.7 Å². The van der Waals surface area contributed by atoms with Crippen LogP contribution in [0, 0.1) is 12.8 Å². The molecule has 0 aliphatic carbocycles. The number of anilines is 1. The number of hydrogen-bond acceptors (Lipinski definition) is 2. The molecule has 18 heavy (non-hydrogen) atoms. The summed E-state index contributed by atoms with van der Waals surface area (Å²) in [6.07, 6.45) is 1.07. The Bertz CT molecular complexity index is 369. The zero-order valence-corrected chi connectivity index (χ0v) is 12.5. The molecular formula is C16H28N2. The second-order valence-electron chi connectivity index (χ2n) is 6.00. The highest BCUT2D eigenvalue weighted by atomic mass is 14.9. The van der Waals surface area contributed by atoms with Crippen LogP contribution in [-0.4, -0.2) is 12.6 Å². The quantitative estimate of drug-likeness (QED) is 0.801. The van der Waals surface area contributed by atoms with Crippen molar-refractivity contribution in [3.05, 3.63) is 29.3 Å². The van der Waals surface area contributed by atoms with Crippen LogP contribution in [0.15, 0.2) is 18.2 Å². The predicted octanol–water partition coefficient (Wildman–Crippen LogP) is 3.90. The van der Waals surface area contributed by atoms with Crippen molar-refractivity contribution in [3.63, 3.8) is 0 Å². The molecule has 0 fully saturated rings. The lowest BCUT2D eigenvalue weighted by molar-refractivity contribution is 0.508. The minimum atomic E-state index is 0.232. The maximum absolute atomic E-state index is 6.08. The van der Waals surface area contributed by atoms with Crippen LogP contribution < -0.4 is 11.1 Å². The molecule has 2 heteroatoms. The Morgan fingerprint density at radius 3 is 2.33 bits per heavy atom. The molecule has 1 unspecified atom stereocenters. The van der Waals surface area contributed by atoms with E-state index >= 15 is 0 Å². The monoisotopic (exact) mass is 248 g/mol. The molecule has 1 rings (SSSR count). The zero-order chi connectivity index (χ0) is 13.7. The van der Waals surface area contributed by atoms with E-state index in [1.807, 2.05) is 0 Å². The van der Waals surface area contributed by atoms with Gasteiger partial charge in [-0.1, -0.05) is 33.8 Å². The Morgan fingerprint density at radius 2 is 1.83 bits per heavy atom. The number of benzene rings is 1. The average Bonchev–Trinajstić information content (AvgIpc) is 2.25. The molecule has 0 bridgehead atoms. The van der Waals surface area contributed by atoms with E-state index in [9.17, 15) is 0 Å². The van der Waals surface area contributed by atoms with E-state index in [2.05, 4.69) is 58.1 Å². The van der Waals surface area contributed by atoms with Crippen molar-refractivity contribution in [1.29, 1.82) is 0 Å². The summed E-state index contributed by atoms with van der Waals surface area (Å²) in [4.78, 5) is 0. The van der Waals surface area contributed by atoms with Gasteiger partial charge in [-0.05, 0) is 48.4 Å². The van der Waals surface area contributed by atoms with Crippen LogP contribution >= 0.6 is 0 Å². The number of hydrogen-bond donors (Lipinski definition) is 2. The van der Waals surface area contributed by atoms with Crippen LogP contribution in [0.2, 0.25) is 0 Å². The fourth-order valence-electron chi connectivity index (χ4n) is 2.37. The molecule has 0 amide bonds. The molecule has 0 aliphatic rings. The first-order valence-electron chi connectivity index (χ1n) is 7.00. The van der Waals surface area contributed by atoms with Crippen molar-refractivity contribution in [3.8, 4) is 0 Å². The van der Waals surface area contributed by atoms with Gasteiger partial charge in [-0.15, -0.1) is 0 Å². The highest BCUT2D eigenvalue weighted by molar-refractivity contribution is 5.49. The summed E-state index contributed by atoms with van der Waals surface area (Å²) in [5.74, 6) is 1.24. The zero-order valence-electron chi connectivity index (χ0n) is 12.5. The van der Waals surface area contributed by atoms with Crippen molar-refractivity contribution < 1.29 is 0 Å². The van der Waals surface area contributed by atoms with Crippen LogP contribution in [0.3, 0.4) is 0 Å². The molecule has 102 valence electrons. The maximum atomic E-state index is 6.08. The number of rotatable bonds is 6. The lowest BCUT2D eigenvalue weighted by Gasteiger charge is -2.17. The van der Waals surface area contributed by atoms with Crippen LogP contribution in [0.5, 0.6) is 0 Å². The van der Waals surface area contributed by atoms with E-state index < -0.39 is 0 Å². The van der Waals surface area contributed by atoms with Gasteiger partial charge in [0.1, 0.15) is 0 Å². The summed E-state index contributed by atoms with van der Waals surface area (Å²) in [6, 6.07) is 6.83. The van der Waals surface area contributed by atoms with Gasteiger partial charge < -0.3 is 11.1 Å². The van der Waals surface area contributed by atoms with Gasteiger partial charge in [-0.3, -0.25) is 0 Å². The van der Waals surface area contributed by atoms with Gasteiger partial charge in [-0.2, -0.15) is 0 Å². The Morgan fingerprint density at radius 1 is 1.17 bits per heavy atom.